The van der Waals surface area contributed by atoms with Crippen molar-refractivity contribution in [3.8, 4) is 17.2 Å². The molecule has 3 rings (SSSR count). The summed E-state index contributed by atoms with van der Waals surface area (Å²) in [6.45, 7) is 0.503. The minimum Gasteiger partial charge on any atom is -0.508 e. The van der Waals surface area contributed by atoms with E-state index in [4.69, 9.17) is 14.2 Å². The molecule has 1 aliphatic heterocycles. The van der Waals surface area contributed by atoms with Crippen LogP contribution in [0.1, 0.15) is 22.8 Å². The van der Waals surface area contributed by atoms with Crippen molar-refractivity contribution < 1.29 is 19.3 Å². The highest BCUT2D eigenvalue weighted by Crippen LogP contribution is 2.40. The van der Waals surface area contributed by atoms with Gasteiger partial charge in [0.2, 0.25) is 0 Å². The molecule has 1 unspecified atom stereocenters. The molecule has 0 saturated heterocycles. The van der Waals surface area contributed by atoms with E-state index in [0.29, 0.717) is 18.1 Å². The van der Waals surface area contributed by atoms with Crippen molar-refractivity contribution in [3.05, 3.63) is 53.1 Å². The van der Waals surface area contributed by atoms with Crippen molar-refractivity contribution in [3.63, 3.8) is 0 Å². The molecule has 0 saturated carbocycles. The fraction of sp³-hybridized carbons (Fsp3) is 0.250. The van der Waals surface area contributed by atoms with Gasteiger partial charge in [0.25, 0.3) is 0 Å². The fourth-order valence-electron chi connectivity index (χ4n) is 2.53. The van der Waals surface area contributed by atoms with Crippen LogP contribution in [0.4, 0.5) is 0 Å². The Hall–Kier alpha value is -2.20. The standard InChI is InChI=1S/C16H16O4/c1-18-14-6-3-10(8-15(14)19-2)16-13-5-4-12(17)7-11(13)9-20-16/h3-8,16-17H,9H2,1-2H3. The van der Waals surface area contributed by atoms with Gasteiger partial charge in [0.05, 0.1) is 20.8 Å². The molecule has 20 heavy (non-hydrogen) atoms. The highest BCUT2D eigenvalue weighted by Gasteiger charge is 2.25. The van der Waals surface area contributed by atoms with Gasteiger partial charge in [0.1, 0.15) is 11.9 Å². The predicted molar refractivity (Wildman–Crippen MR) is 74.3 cm³/mol. The molecule has 4 heteroatoms. The van der Waals surface area contributed by atoms with Crippen LogP contribution >= 0.6 is 0 Å². The van der Waals surface area contributed by atoms with Crippen molar-refractivity contribution >= 4 is 0 Å². The van der Waals surface area contributed by atoms with Gasteiger partial charge < -0.3 is 19.3 Å². The van der Waals surface area contributed by atoms with Crippen LogP contribution < -0.4 is 9.47 Å². The van der Waals surface area contributed by atoms with Crippen molar-refractivity contribution in [2.75, 3.05) is 14.2 Å². The molecule has 0 spiro atoms. The second-order valence-corrected chi connectivity index (χ2v) is 4.69. The summed E-state index contributed by atoms with van der Waals surface area (Å²) in [4.78, 5) is 0. The maximum absolute atomic E-state index is 9.51. The molecular formula is C16H16O4. The minimum atomic E-state index is -0.134. The zero-order valence-electron chi connectivity index (χ0n) is 11.4. The first-order valence-corrected chi connectivity index (χ1v) is 6.38. The molecule has 0 radical (unpaired) electrons. The van der Waals surface area contributed by atoms with Crippen LogP contribution in [0, 0.1) is 0 Å². The third-order valence-corrected chi connectivity index (χ3v) is 3.52. The Morgan fingerprint density at radius 1 is 1.05 bits per heavy atom. The smallest absolute Gasteiger partial charge is 0.161 e. The van der Waals surface area contributed by atoms with E-state index in [9.17, 15) is 5.11 Å². The number of fused-ring (bicyclic) bond motifs is 1. The molecule has 4 nitrogen and oxygen atoms in total. The van der Waals surface area contributed by atoms with Crippen molar-refractivity contribution in [1.82, 2.24) is 0 Å². The molecule has 2 aromatic rings. The Labute approximate surface area is 117 Å². The fourth-order valence-corrected chi connectivity index (χ4v) is 2.53. The topological polar surface area (TPSA) is 47.9 Å². The lowest BCUT2D eigenvalue weighted by atomic mass is 9.99. The monoisotopic (exact) mass is 272 g/mol. The highest BCUT2D eigenvalue weighted by atomic mass is 16.5. The van der Waals surface area contributed by atoms with E-state index in [2.05, 4.69) is 0 Å². The van der Waals surface area contributed by atoms with Crippen LogP contribution in [-0.4, -0.2) is 19.3 Å². The zero-order valence-corrected chi connectivity index (χ0v) is 11.4. The van der Waals surface area contributed by atoms with Crippen molar-refractivity contribution in [2.45, 2.75) is 12.7 Å². The van der Waals surface area contributed by atoms with Gasteiger partial charge in [-0.2, -0.15) is 0 Å². The van der Waals surface area contributed by atoms with E-state index in [1.807, 2.05) is 24.3 Å². The number of phenolic OH excluding ortho intramolecular Hbond substituents is 1. The average molecular weight is 272 g/mol. The van der Waals surface area contributed by atoms with Crippen LogP contribution in [0.3, 0.4) is 0 Å². The van der Waals surface area contributed by atoms with Gasteiger partial charge in [-0.05, 0) is 41.0 Å². The van der Waals surface area contributed by atoms with Gasteiger partial charge >= 0.3 is 0 Å². The first kappa shape index (κ1) is 12.8. The van der Waals surface area contributed by atoms with E-state index < -0.39 is 0 Å². The maximum atomic E-state index is 9.51. The number of phenols is 1. The molecule has 1 aliphatic rings. The summed E-state index contributed by atoms with van der Waals surface area (Å²) in [5.41, 5.74) is 3.10. The summed E-state index contributed by atoms with van der Waals surface area (Å²) in [6.07, 6.45) is -0.134. The summed E-state index contributed by atoms with van der Waals surface area (Å²) in [5.74, 6) is 1.64. The lowest BCUT2D eigenvalue weighted by molar-refractivity contribution is 0.0937. The average Bonchev–Trinajstić information content (AvgIpc) is 2.89. The normalized spacial score (nSPS) is 16.8. The summed E-state index contributed by atoms with van der Waals surface area (Å²) in [7, 11) is 3.23. The molecule has 1 N–H and O–H groups in total. The second kappa shape index (κ2) is 5.06. The van der Waals surface area contributed by atoms with Crippen LogP contribution in [0.15, 0.2) is 36.4 Å². The first-order valence-electron chi connectivity index (χ1n) is 6.38. The molecule has 0 aromatic heterocycles. The first-order chi connectivity index (χ1) is 9.72. The van der Waals surface area contributed by atoms with E-state index >= 15 is 0 Å². The molecule has 0 aliphatic carbocycles. The van der Waals surface area contributed by atoms with Crippen molar-refractivity contribution in [2.24, 2.45) is 0 Å². The Bertz CT molecular complexity index is 636. The SMILES string of the molecule is COc1ccc(C2OCc3cc(O)ccc32)cc1OC. The van der Waals surface area contributed by atoms with Gasteiger partial charge in [0, 0.05) is 0 Å². The number of benzene rings is 2. The number of rotatable bonds is 3. The second-order valence-electron chi connectivity index (χ2n) is 4.69. The van der Waals surface area contributed by atoms with Gasteiger partial charge in [-0.25, -0.2) is 0 Å². The Morgan fingerprint density at radius 2 is 1.85 bits per heavy atom. The van der Waals surface area contributed by atoms with E-state index in [-0.39, 0.29) is 11.9 Å². The Kier molecular flexibility index (Phi) is 3.24. The van der Waals surface area contributed by atoms with Gasteiger partial charge in [-0.1, -0.05) is 12.1 Å². The molecule has 1 atom stereocenters. The maximum Gasteiger partial charge on any atom is 0.161 e. The number of hydrogen-bond acceptors (Lipinski definition) is 4. The number of hydrogen-bond donors (Lipinski definition) is 1. The van der Waals surface area contributed by atoms with Crippen LogP contribution in [0.2, 0.25) is 0 Å². The molecule has 0 bridgehead atoms. The third kappa shape index (κ3) is 2.08. The number of methoxy groups -OCH3 is 2. The summed E-state index contributed by atoms with van der Waals surface area (Å²) < 4.78 is 16.4. The largest absolute Gasteiger partial charge is 0.508 e. The van der Waals surface area contributed by atoms with Crippen LogP contribution in [0.5, 0.6) is 17.2 Å². The Balaban J connectivity index is 2.00. The predicted octanol–water partition coefficient (Wildman–Crippen LogP) is 3.03. The summed E-state index contributed by atoms with van der Waals surface area (Å²) in [5, 5.41) is 9.51. The molecule has 0 amide bonds. The zero-order chi connectivity index (χ0) is 14.1. The lowest BCUT2D eigenvalue weighted by Crippen LogP contribution is -2.00. The quantitative estimate of drug-likeness (QED) is 0.933. The molecule has 0 fully saturated rings. The van der Waals surface area contributed by atoms with Crippen LogP contribution in [-0.2, 0) is 11.3 Å². The van der Waals surface area contributed by atoms with Gasteiger partial charge in [-0.3, -0.25) is 0 Å². The minimum absolute atomic E-state index is 0.134. The molecule has 1 heterocycles. The lowest BCUT2D eigenvalue weighted by Gasteiger charge is -2.14. The Morgan fingerprint density at radius 3 is 2.60 bits per heavy atom. The van der Waals surface area contributed by atoms with E-state index in [0.717, 1.165) is 16.7 Å². The summed E-state index contributed by atoms with van der Waals surface area (Å²) in [6, 6.07) is 11.1. The summed E-state index contributed by atoms with van der Waals surface area (Å²) >= 11 is 0. The van der Waals surface area contributed by atoms with Crippen molar-refractivity contribution in [1.29, 1.82) is 0 Å². The van der Waals surface area contributed by atoms with E-state index in [1.165, 1.54) is 0 Å². The third-order valence-electron chi connectivity index (χ3n) is 3.52. The number of aromatic hydroxyl groups is 1. The highest BCUT2D eigenvalue weighted by molar-refractivity contribution is 5.48. The van der Waals surface area contributed by atoms with Gasteiger partial charge in [-0.15, -0.1) is 0 Å². The number of ether oxygens (including phenoxy) is 3. The molecule has 104 valence electrons. The van der Waals surface area contributed by atoms with Crippen LogP contribution in [0.25, 0.3) is 0 Å². The molecule has 2 aromatic carbocycles. The molecular weight excluding hydrogens is 256 g/mol. The van der Waals surface area contributed by atoms with Gasteiger partial charge in [0.15, 0.2) is 11.5 Å². The van der Waals surface area contributed by atoms with E-state index in [1.54, 1.807) is 26.4 Å².